The Morgan fingerprint density at radius 2 is 2.05 bits per heavy atom. The number of fused-ring (bicyclic) bond motifs is 1. The van der Waals surface area contributed by atoms with Crippen molar-refractivity contribution in [2.24, 2.45) is 0 Å². The molecule has 0 radical (unpaired) electrons. The molecule has 0 unspecified atom stereocenters. The number of carbonyl (C=O) groups excluding carboxylic acids is 1. The quantitative estimate of drug-likeness (QED) is 0.862. The number of anilines is 1. The van der Waals surface area contributed by atoms with Crippen LogP contribution in [0, 0.1) is 0 Å². The van der Waals surface area contributed by atoms with E-state index in [-0.39, 0.29) is 11.9 Å². The highest BCUT2D eigenvalue weighted by atomic mass is 16.2. The Hall–Kier alpha value is -2.23. The van der Waals surface area contributed by atoms with Crippen LogP contribution < -0.4 is 5.73 Å². The monoisotopic (exact) mass is 283 g/mol. The van der Waals surface area contributed by atoms with Crippen molar-refractivity contribution in [2.45, 2.75) is 32.9 Å². The van der Waals surface area contributed by atoms with E-state index < -0.39 is 0 Å². The first kappa shape index (κ1) is 13.7. The molecule has 110 valence electrons. The van der Waals surface area contributed by atoms with Crippen LogP contribution in [0.15, 0.2) is 36.5 Å². The molecule has 1 amide bonds. The number of nitrogen functional groups attached to an aromatic ring is 1. The van der Waals surface area contributed by atoms with E-state index >= 15 is 0 Å². The van der Waals surface area contributed by atoms with Crippen LogP contribution >= 0.6 is 0 Å². The third-order valence-electron chi connectivity index (χ3n) is 4.15. The molecule has 2 N–H and O–H groups in total. The van der Waals surface area contributed by atoms with Crippen LogP contribution in [-0.4, -0.2) is 21.9 Å². The molecular weight excluding hydrogens is 262 g/mol. The van der Waals surface area contributed by atoms with E-state index in [1.807, 2.05) is 39.9 Å². The number of hydrogen-bond donors (Lipinski definition) is 1. The summed E-state index contributed by atoms with van der Waals surface area (Å²) in [6.07, 6.45) is 2.83. The minimum absolute atomic E-state index is 0.0857. The number of hydrogen-bond acceptors (Lipinski definition) is 2. The molecule has 0 atom stereocenters. The van der Waals surface area contributed by atoms with Crippen molar-refractivity contribution in [3.8, 4) is 0 Å². The maximum absolute atomic E-state index is 12.8. The molecule has 0 spiro atoms. The van der Waals surface area contributed by atoms with E-state index in [0.29, 0.717) is 6.54 Å². The minimum Gasteiger partial charge on any atom is -0.398 e. The zero-order chi connectivity index (χ0) is 15.0. The van der Waals surface area contributed by atoms with E-state index in [0.717, 1.165) is 29.9 Å². The molecule has 0 aliphatic carbocycles. The molecule has 21 heavy (non-hydrogen) atoms. The maximum Gasteiger partial charge on any atom is 0.270 e. The Bertz CT molecular complexity index is 672. The summed E-state index contributed by atoms with van der Waals surface area (Å²) in [5.41, 5.74) is 9.95. The summed E-state index contributed by atoms with van der Waals surface area (Å²) in [6.45, 7) is 5.52. The molecule has 4 nitrogen and oxygen atoms in total. The zero-order valence-electron chi connectivity index (χ0n) is 12.5. The van der Waals surface area contributed by atoms with Gasteiger partial charge in [-0.3, -0.25) is 4.79 Å². The lowest BCUT2D eigenvalue weighted by Gasteiger charge is -2.30. The predicted molar refractivity (Wildman–Crippen MR) is 84.1 cm³/mol. The fourth-order valence-corrected chi connectivity index (χ4v) is 2.97. The second-order valence-corrected chi connectivity index (χ2v) is 5.86. The first-order valence-corrected chi connectivity index (χ1v) is 7.40. The second-order valence-electron chi connectivity index (χ2n) is 5.86. The lowest BCUT2D eigenvalue weighted by atomic mass is 9.98. The molecular formula is C17H21N3O. The van der Waals surface area contributed by atoms with Crippen LogP contribution in [0.5, 0.6) is 0 Å². The Morgan fingerprint density at radius 3 is 2.81 bits per heavy atom. The van der Waals surface area contributed by atoms with Gasteiger partial charge in [-0.25, -0.2) is 0 Å². The van der Waals surface area contributed by atoms with Gasteiger partial charge in [-0.15, -0.1) is 0 Å². The number of nitrogens with two attached hydrogens (primary N) is 1. The smallest absolute Gasteiger partial charge is 0.270 e. The number of nitrogens with zero attached hydrogens (tertiary/aromatic N) is 2. The molecule has 1 aromatic carbocycles. The van der Waals surface area contributed by atoms with Crippen LogP contribution in [-0.2, 0) is 13.0 Å². The third-order valence-corrected chi connectivity index (χ3v) is 4.15. The largest absolute Gasteiger partial charge is 0.398 e. The van der Waals surface area contributed by atoms with Gasteiger partial charge in [0.1, 0.15) is 5.69 Å². The van der Waals surface area contributed by atoms with Gasteiger partial charge in [0.25, 0.3) is 5.91 Å². The van der Waals surface area contributed by atoms with Gasteiger partial charge in [-0.1, -0.05) is 12.1 Å². The standard InChI is InChI=1S/C17H21N3O/c1-12(2)20-9-4-7-16(20)17(21)19-10-8-13-5-3-6-15(18)14(13)11-19/h3-7,9,12H,8,10-11,18H2,1-2H3. The number of benzene rings is 1. The number of amides is 1. The van der Waals surface area contributed by atoms with Crippen LogP contribution in [0.4, 0.5) is 5.69 Å². The van der Waals surface area contributed by atoms with Crippen molar-refractivity contribution in [3.63, 3.8) is 0 Å². The Kier molecular flexibility index (Phi) is 3.45. The molecule has 4 heteroatoms. The SMILES string of the molecule is CC(C)n1cccc1C(=O)N1CCc2cccc(N)c2C1. The lowest BCUT2D eigenvalue weighted by molar-refractivity contribution is 0.0722. The third kappa shape index (κ3) is 2.42. The van der Waals surface area contributed by atoms with Gasteiger partial charge in [-0.2, -0.15) is 0 Å². The summed E-state index contributed by atoms with van der Waals surface area (Å²) in [5, 5.41) is 0. The minimum atomic E-state index is 0.0857. The second kappa shape index (κ2) is 5.28. The number of rotatable bonds is 2. The van der Waals surface area contributed by atoms with Gasteiger partial charge in [0.15, 0.2) is 0 Å². The summed E-state index contributed by atoms with van der Waals surface area (Å²) in [7, 11) is 0. The van der Waals surface area contributed by atoms with E-state index in [1.54, 1.807) is 0 Å². The van der Waals surface area contributed by atoms with Gasteiger partial charge in [0.2, 0.25) is 0 Å². The Labute approximate surface area is 125 Å². The predicted octanol–water partition coefficient (Wildman–Crippen LogP) is 2.85. The topological polar surface area (TPSA) is 51.3 Å². The van der Waals surface area contributed by atoms with E-state index in [9.17, 15) is 4.79 Å². The summed E-state index contributed by atoms with van der Waals surface area (Å²) in [5.74, 6) is 0.0857. The van der Waals surface area contributed by atoms with E-state index in [2.05, 4.69) is 19.9 Å². The van der Waals surface area contributed by atoms with E-state index in [1.165, 1.54) is 5.56 Å². The highest BCUT2D eigenvalue weighted by Gasteiger charge is 2.25. The molecule has 1 aliphatic rings. The van der Waals surface area contributed by atoms with Crippen molar-refractivity contribution < 1.29 is 4.79 Å². The van der Waals surface area contributed by atoms with E-state index in [4.69, 9.17) is 5.73 Å². The Morgan fingerprint density at radius 1 is 1.24 bits per heavy atom. The first-order chi connectivity index (χ1) is 10.1. The van der Waals surface area contributed by atoms with Gasteiger partial charge >= 0.3 is 0 Å². The van der Waals surface area contributed by atoms with Gasteiger partial charge in [0, 0.05) is 31.0 Å². The fourth-order valence-electron chi connectivity index (χ4n) is 2.97. The average Bonchev–Trinajstić information content (AvgIpc) is 2.96. The van der Waals surface area contributed by atoms with Crippen molar-refractivity contribution in [1.29, 1.82) is 0 Å². The van der Waals surface area contributed by atoms with Crippen LogP contribution in [0.2, 0.25) is 0 Å². The van der Waals surface area contributed by atoms with Crippen molar-refractivity contribution in [1.82, 2.24) is 9.47 Å². The summed E-state index contributed by atoms with van der Waals surface area (Å²) in [4.78, 5) is 14.7. The zero-order valence-corrected chi connectivity index (χ0v) is 12.5. The molecule has 3 rings (SSSR count). The molecule has 2 heterocycles. The average molecular weight is 283 g/mol. The fraction of sp³-hybridized carbons (Fsp3) is 0.353. The van der Waals surface area contributed by atoms with Gasteiger partial charge < -0.3 is 15.2 Å². The summed E-state index contributed by atoms with van der Waals surface area (Å²) in [6, 6.07) is 10.1. The molecule has 1 aliphatic heterocycles. The normalized spacial score (nSPS) is 14.3. The molecule has 0 saturated heterocycles. The maximum atomic E-state index is 12.8. The molecule has 0 bridgehead atoms. The Balaban J connectivity index is 1.87. The molecule has 1 aromatic heterocycles. The molecule has 2 aromatic rings. The van der Waals surface area contributed by atoms with Crippen molar-refractivity contribution in [2.75, 3.05) is 12.3 Å². The van der Waals surface area contributed by atoms with Gasteiger partial charge in [0.05, 0.1) is 0 Å². The van der Waals surface area contributed by atoms with Crippen molar-refractivity contribution >= 4 is 11.6 Å². The van der Waals surface area contributed by atoms with Crippen LogP contribution in [0.1, 0.15) is 41.5 Å². The highest BCUT2D eigenvalue weighted by Crippen LogP contribution is 2.25. The first-order valence-electron chi connectivity index (χ1n) is 7.40. The molecule has 0 fully saturated rings. The number of aromatic nitrogens is 1. The van der Waals surface area contributed by atoms with Crippen LogP contribution in [0.25, 0.3) is 0 Å². The number of carbonyl (C=O) groups is 1. The van der Waals surface area contributed by atoms with Crippen LogP contribution in [0.3, 0.4) is 0 Å². The van der Waals surface area contributed by atoms with Gasteiger partial charge in [-0.05, 0) is 49.6 Å². The summed E-state index contributed by atoms with van der Waals surface area (Å²) >= 11 is 0. The lowest BCUT2D eigenvalue weighted by Crippen LogP contribution is -2.37. The van der Waals surface area contributed by atoms with Crippen molar-refractivity contribution in [3.05, 3.63) is 53.3 Å². The molecule has 0 saturated carbocycles. The highest BCUT2D eigenvalue weighted by molar-refractivity contribution is 5.93. The summed E-state index contributed by atoms with van der Waals surface area (Å²) < 4.78 is 2.02.